The minimum atomic E-state index is -3.72. The van der Waals surface area contributed by atoms with Crippen molar-refractivity contribution in [3.05, 3.63) is 24.3 Å². The molecule has 0 aromatic heterocycles. The lowest BCUT2D eigenvalue weighted by atomic mass is 10.3. The summed E-state index contributed by atoms with van der Waals surface area (Å²) in [7, 11) is -3.72. The summed E-state index contributed by atoms with van der Waals surface area (Å²) in [5.74, 6) is 0. The summed E-state index contributed by atoms with van der Waals surface area (Å²) in [6, 6.07) is 6.63. The molecule has 1 aromatic carbocycles. The second-order valence-electron chi connectivity index (χ2n) is 3.35. The molecule has 2 N–H and O–H groups in total. The molecule has 1 unspecified atom stereocenters. The van der Waals surface area contributed by atoms with E-state index in [1.165, 1.54) is 0 Å². The number of halogens is 1. The van der Waals surface area contributed by atoms with Crippen LogP contribution in [-0.2, 0) is 13.6 Å². The van der Waals surface area contributed by atoms with Gasteiger partial charge in [0, 0.05) is 10.6 Å². The lowest BCUT2D eigenvalue weighted by Gasteiger charge is -2.20. The van der Waals surface area contributed by atoms with E-state index in [0.717, 1.165) is 11.8 Å². The van der Waals surface area contributed by atoms with Crippen molar-refractivity contribution in [3.63, 3.8) is 0 Å². The van der Waals surface area contributed by atoms with Gasteiger partial charge in [0.15, 0.2) is 0 Å². The number of anilines is 1. The van der Waals surface area contributed by atoms with Crippen LogP contribution in [0.3, 0.4) is 0 Å². The number of benzene rings is 1. The fraction of sp³-hybridized carbons (Fsp3) is 0.455. The molecule has 0 fully saturated rings. The van der Waals surface area contributed by atoms with Crippen molar-refractivity contribution in [2.24, 2.45) is 0 Å². The zero-order valence-electron chi connectivity index (χ0n) is 10.3. The molecule has 102 valence electrons. The summed E-state index contributed by atoms with van der Waals surface area (Å²) in [4.78, 5) is 0.622. The molecule has 0 spiro atoms. The number of rotatable bonds is 7. The van der Waals surface area contributed by atoms with Crippen molar-refractivity contribution in [2.75, 3.05) is 18.9 Å². The van der Waals surface area contributed by atoms with Gasteiger partial charge >= 0.3 is 7.60 Å². The van der Waals surface area contributed by atoms with E-state index in [4.69, 9.17) is 14.8 Å². The van der Waals surface area contributed by atoms with Crippen LogP contribution in [0.15, 0.2) is 29.2 Å². The monoisotopic (exact) mass is 293 g/mol. The molecule has 0 aliphatic rings. The Morgan fingerprint density at radius 2 is 1.78 bits per heavy atom. The first-order chi connectivity index (χ1) is 8.51. The predicted molar refractivity (Wildman–Crippen MR) is 72.5 cm³/mol. The van der Waals surface area contributed by atoms with E-state index in [9.17, 15) is 8.96 Å². The van der Waals surface area contributed by atoms with E-state index in [2.05, 4.69) is 0 Å². The second-order valence-corrected chi connectivity index (χ2v) is 6.87. The summed E-state index contributed by atoms with van der Waals surface area (Å²) in [5, 5.41) is -1.75. The van der Waals surface area contributed by atoms with E-state index >= 15 is 0 Å². The Morgan fingerprint density at radius 1 is 1.28 bits per heavy atom. The van der Waals surface area contributed by atoms with Gasteiger partial charge in [-0.15, -0.1) is 0 Å². The van der Waals surface area contributed by atoms with Crippen molar-refractivity contribution in [1.29, 1.82) is 0 Å². The molecule has 0 aliphatic heterocycles. The van der Waals surface area contributed by atoms with Crippen LogP contribution in [0, 0.1) is 0 Å². The number of hydrogen-bond donors (Lipinski definition) is 1. The fourth-order valence-electron chi connectivity index (χ4n) is 1.24. The maximum absolute atomic E-state index is 14.0. The molecule has 0 amide bonds. The Labute approximate surface area is 111 Å². The number of nitrogens with two attached hydrogens (primary N) is 1. The fourth-order valence-corrected chi connectivity index (χ4v) is 4.03. The second kappa shape index (κ2) is 7.14. The molecule has 7 heteroatoms. The van der Waals surface area contributed by atoms with Gasteiger partial charge in [0.05, 0.1) is 13.2 Å². The molecule has 1 rings (SSSR count). The van der Waals surface area contributed by atoms with Gasteiger partial charge in [-0.25, -0.2) is 4.39 Å². The summed E-state index contributed by atoms with van der Waals surface area (Å²) in [5.41, 5.74) is 6.12. The van der Waals surface area contributed by atoms with Gasteiger partial charge in [0.25, 0.3) is 5.24 Å². The normalized spacial score (nSPS) is 13.5. The van der Waals surface area contributed by atoms with Crippen molar-refractivity contribution in [1.82, 2.24) is 0 Å². The van der Waals surface area contributed by atoms with Crippen LogP contribution >= 0.6 is 19.4 Å². The Bertz CT molecular complexity index is 405. The average Bonchev–Trinajstić information content (AvgIpc) is 2.32. The molecule has 0 heterocycles. The minimum absolute atomic E-state index is 0.139. The number of alkyl halides is 1. The largest absolute Gasteiger partial charge is 0.399 e. The van der Waals surface area contributed by atoms with Crippen LogP contribution in [0.25, 0.3) is 0 Å². The third kappa shape index (κ3) is 4.28. The lowest BCUT2D eigenvalue weighted by Crippen LogP contribution is -2.05. The van der Waals surface area contributed by atoms with Crippen LogP contribution < -0.4 is 5.73 Å². The van der Waals surface area contributed by atoms with Crippen molar-refractivity contribution < 1.29 is 18.0 Å². The van der Waals surface area contributed by atoms with E-state index in [1.807, 2.05) is 0 Å². The van der Waals surface area contributed by atoms with Crippen LogP contribution in [0.2, 0.25) is 0 Å². The first kappa shape index (κ1) is 15.5. The SMILES string of the molecule is CCOP(=O)(OCC)C(F)Sc1ccc(N)cc1. The first-order valence-electron chi connectivity index (χ1n) is 5.57. The Kier molecular flexibility index (Phi) is 6.15. The molecular weight excluding hydrogens is 276 g/mol. The third-order valence-corrected chi connectivity index (χ3v) is 5.54. The standard InChI is InChI=1S/C11H17FNO3PS/c1-3-15-17(14,16-4-2)11(12)18-10-7-5-9(13)6-8-10/h5-8,11H,3-4,13H2,1-2H3. The maximum atomic E-state index is 14.0. The van der Waals surface area contributed by atoms with Gasteiger partial charge in [0.2, 0.25) is 0 Å². The minimum Gasteiger partial charge on any atom is -0.399 e. The predicted octanol–water partition coefficient (Wildman–Crippen LogP) is 3.88. The van der Waals surface area contributed by atoms with Crippen LogP contribution in [0.1, 0.15) is 13.8 Å². The molecule has 0 aliphatic carbocycles. The van der Waals surface area contributed by atoms with Gasteiger partial charge in [-0.05, 0) is 38.1 Å². The topological polar surface area (TPSA) is 61.5 Å². The molecule has 1 aromatic rings. The highest BCUT2D eigenvalue weighted by Gasteiger charge is 2.36. The summed E-state index contributed by atoms with van der Waals surface area (Å²) in [6.45, 7) is 3.57. The van der Waals surface area contributed by atoms with Crippen LogP contribution in [0.4, 0.5) is 10.1 Å². The quantitative estimate of drug-likeness (QED) is 0.469. The van der Waals surface area contributed by atoms with Gasteiger partial charge in [-0.3, -0.25) is 4.57 Å². The highest BCUT2D eigenvalue weighted by Crippen LogP contribution is 2.58. The van der Waals surface area contributed by atoms with E-state index in [1.54, 1.807) is 38.1 Å². The maximum Gasteiger partial charge on any atom is 0.375 e. The highest BCUT2D eigenvalue weighted by atomic mass is 32.2. The zero-order valence-corrected chi connectivity index (χ0v) is 12.0. The third-order valence-electron chi connectivity index (χ3n) is 1.98. The molecule has 18 heavy (non-hydrogen) atoms. The van der Waals surface area contributed by atoms with Crippen molar-refractivity contribution in [2.45, 2.75) is 24.0 Å². The van der Waals surface area contributed by atoms with E-state index in [-0.39, 0.29) is 13.2 Å². The smallest absolute Gasteiger partial charge is 0.375 e. The van der Waals surface area contributed by atoms with Crippen LogP contribution in [0.5, 0.6) is 0 Å². The molecule has 0 saturated carbocycles. The molecule has 1 atom stereocenters. The number of hydrogen-bond acceptors (Lipinski definition) is 5. The summed E-state index contributed by atoms with van der Waals surface area (Å²) < 4.78 is 36.0. The molecule has 4 nitrogen and oxygen atoms in total. The van der Waals surface area contributed by atoms with Crippen LogP contribution in [-0.4, -0.2) is 18.5 Å². The summed E-state index contributed by atoms with van der Waals surface area (Å²) >= 11 is 0.804. The Balaban J connectivity index is 2.75. The lowest BCUT2D eigenvalue weighted by molar-refractivity contribution is 0.205. The molecule has 0 bridgehead atoms. The van der Waals surface area contributed by atoms with Gasteiger partial charge in [-0.2, -0.15) is 0 Å². The summed E-state index contributed by atoms with van der Waals surface area (Å²) in [6.07, 6.45) is 0. The Morgan fingerprint density at radius 3 is 2.22 bits per heavy atom. The number of nitrogen functional groups attached to an aromatic ring is 1. The zero-order chi connectivity index (χ0) is 13.6. The highest BCUT2D eigenvalue weighted by molar-refractivity contribution is 8.05. The molecular formula is C11H17FNO3PS. The van der Waals surface area contributed by atoms with Gasteiger partial charge < -0.3 is 14.8 Å². The van der Waals surface area contributed by atoms with E-state index in [0.29, 0.717) is 10.6 Å². The first-order valence-corrected chi connectivity index (χ1v) is 8.06. The molecule has 0 radical (unpaired) electrons. The van der Waals surface area contributed by atoms with Crippen molar-refractivity contribution in [3.8, 4) is 0 Å². The molecule has 0 saturated heterocycles. The van der Waals surface area contributed by atoms with E-state index < -0.39 is 12.8 Å². The van der Waals surface area contributed by atoms with Crippen molar-refractivity contribution >= 4 is 25.0 Å². The van der Waals surface area contributed by atoms with Gasteiger partial charge in [-0.1, -0.05) is 11.8 Å². The number of thioether (sulfide) groups is 1. The Hall–Kier alpha value is -0.550. The van der Waals surface area contributed by atoms with Gasteiger partial charge in [0.1, 0.15) is 0 Å². The average molecular weight is 293 g/mol.